The first-order chi connectivity index (χ1) is 9.66. The molecule has 4 N–H and O–H groups in total. The Morgan fingerprint density at radius 2 is 2.25 bits per heavy atom. The summed E-state index contributed by atoms with van der Waals surface area (Å²) < 4.78 is 0. The molecule has 0 bridgehead atoms. The van der Waals surface area contributed by atoms with Gasteiger partial charge in [-0.15, -0.1) is 0 Å². The minimum Gasteiger partial charge on any atom is -0.370 e. The van der Waals surface area contributed by atoms with Crippen molar-refractivity contribution in [2.75, 3.05) is 6.54 Å². The van der Waals surface area contributed by atoms with Gasteiger partial charge in [0.2, 0.25) is 11.8 Å². The molecule has 1 atom stereocenters. The quantitative estimate of drug-likeness (QED) is 0.783. The molecule has 20 heavy (non-hydrogen) atoms. The van der Waals surface area contributed by atoms with Gasteiger partial charge in [0.15, 0.2) is 0 Å². The second-order valence-electron chi connectivity index (χ2n) is 5.18. The molecule has 5 heteroatoms. The average molecular weight is 271 g/mol. The summed E-state index contributed by atoms with van der Waals surface area (Å²) in [4.78, 5) is 26.5. The van der Waals surface area contributed by atoms with Gasteiger partial charge >= 0.3 is 0 Å². The van der Waals surface area contributed by atoms with Crippen molar-refractivity contribution in [3.05, 3.63) is 35.5 Å². The van der Waals surface area contributed by atoms with Gasteiger partial charge in [0, 0.05) is 30.1 Å². The minimum absolute atomic E-state index is 0.0226. The van der Waals surface area contributed by atoms with E-state index < -0.39 is 0 Å². The van der Waals surface area contributed by atoms with Gasteiger partial charge < -0.3 is 16.0 Å². The number of benzene rings is 1. The van der Waals surface area contributed by atoms with Crippen LogP contribution >= 0.6 is 0 Å². The number of nitrogens with one attached hydrogen (secondary N) is 2. The number of primary amides is 1. The number of H-pyrrole nitrogens is 1. The standard InChI is InChI=1S/C15H17N3O2/c16-13(19)5-4-11-10-2-1-3-12-14(10)9(8-18-12)6-7-17-15(11)20/h1-3,8,11,18H,4-7H2,(H2,16,19)(H,17,20). The maximum absolute atomic E-state index is 12.3. The van der Waals surface area contributed by atoms with E-state index in [1.807, 2.05) is 24.4 Å². The zero-order valence-electron chi connectivity index (χ0n) is 11.1. The first-order valence-electron chi connectivity index (χ1n) is 6.81. The topological polar surface area (TPSA) is 88.0 Å². The molecule has 2 aromatic rings. The molecule has 1 aromatic heterocycles. The largest absolute Gasteiger partial charge is 0.370 e. The van der Waals surface area contributed by atoms with Crippen LogP contribution in [0.5, 0.6) is 0 Å². The van der Waals surface area contributed by atoms with Gasteiger partial charge in [0.1, 0.15) is 0 Å². The Kier molecular flexibility index (Phi) is 3.18. The summed E-state index contributed by atoms with van der Waals surface area (Å²) >= 11 is 0. The maximum atomic E-state index is 12.3. The first kappa shape index (κ1) is 12.7. The van der Waals surface area contributed by atoms with E-state index in [0.717, 1.165) is 22.9 Å². The number of aromatic nitrogens is 1. The van der Waals surface area contributed by atoms with Crippen molar-refractivity contribution in [1.29, 1.82) is 0 Å². The third-order valence-electron chi connectivity index (χ3n) is 3.88. The van der Waals surface area contributed by atoms with Crippen LogP contribution in [-0.4, -0.2) is 23.3 Å². The Labute approximate surface area is 116 Å². The van der Waals surface area contributed by atoms with Gasteiger partial charge in [-0.25, -0.2) is 0 Å². The Morgan fingerprint density at radius 1 is 1.40 bits per heavy atom. The van der Waals surface area contributed by atoms with Crippen LogP contribution in [0.4, 0.5) is 0 Å². The Hall–Kier alpha value is -2.30. The lowest BCUT2D eigenvalue weighted by atomic mass is 9.88. The number of carbonyl (C=O) groups excluding carboxylic acids is 2. The third-order valence-corrected chi connectivity index (χ3v) is 3.88. The monoisotopic (exact) mass is 271 g/mol. The normalized spacial score (nSPS) is 18.4. The Balaban J connectivity index is 2.10. The van der Waals surface area contributed by atoms with Crippen molar-refractivity contribution in [1.82, 2.24) is 10.3 Å². The molecule has 0 radical (unpaired) electrons. The molecular formula is C15H17N3O2. The van der Waals surface area contributed by atoms with Gasteiger partial charge in [0.05, 0.1) is 5.92 Å². The number of carbonyl (C=O) groups is 2. The van der Waals surface area contributed by atoms with E-state index in [1.54, 1.807) is 0 Å². The lowest BCUT2D eigenvalue weighted by Crippen LogP contribution is -2.33. The maximum Gasteiger partial charge on any atom is 0.227 e. The summed E-state index contributed by atoms with van der Waals surface area (Å²) in [7, 11) is 0. The number of amides is 2. The van der Waals surface area contributed by atoms with E-state index in [9.17, 15) is 9.59 Å². The van der Waals surface area contributed by atoms with Gasteiger partial charge in [-0.2, -0.15) is 0 Å². The van der Waals surface area contributed by atoms with E-state index in [0.29, 0.717) is 13.0 Å². The van der Waals surface area contributed by atoms with Crippen LogP contribution in [0, 0.1) is 0 Å². The highest BCUT2D eigenvalue weighted by Gasteiger charge is 2.26. The van der Waals surface area contributed by atoms with E-state index in [4.69, 9.17) is 5.73 Å². The molecule has 1 aliphatic heterocycles. The number of nitrogens with two attached hydrogens (primary N) is 1. The molecule has 5 nitrogen and oxygen atoms in total. The average Bonchev–Trinajstić information content (AvgIpc) is 2.81. The molecule has 0 saturated carbocycles. The van der Waals surface area contributed by atoms with Gasteiger partial charge in [-0.05, 0) is 30.0 Å². The number of aromatic amines is 1. The molecule has 1 aromatic carbocycles. The second kappa shape index (κ2) is 5.00. The third kappa shape index (κ3) is 2.15. The summed E-state index contributed by atoms with van der Waals surface area (Å²) in [5.41, 5.74) is 8.45. The molecule has 0 aliphatic carbocycles. The molecule has 0 fully saturated rings. The number of hydrogen-bond donors (Lipinski definition) is 3. The van der Waals surface area contributed by atoms with Crippen LogP contribution in [-0.2, 0) is 16.0 Å². The molecule has 1 aliphatic rings. The number of rotatable bonds is 3. The fourth-order valence-corrected chi connectivity index (χ4v) is 2.93. The predicted molar refractivity (Wildman–Crippen MR) is 76.2 cm³/mol. The van der Waals surface area contributed by atoms with Crippen molar-refractivity contribution in [2.24, 2.45) is 5.73 Å². The molecular weight excluding hydrogens is 254 g/mol. The Bertz CT molecular complexity index is 675. The van der Waals surface area contributed by atoms with Crippen LogP contribution < -0.4 is 11.1 Å². The lowest BCUT2D eigenvalue weighted by molar-refractivity contribution is -0.123. The van der Waals surface area contributed by atoms with Gasteiger partial charge in [-0.3, -0.25) is 9.59 Å². The van der Waals surface area contributed by atoms with Crippen LogP contribution in [0.3, 0.4) is 0 Å². The minimum atomic E-state index is -0.374. The van der Waals surface area contributed by atoms with Crippen molar-refractivity contribution < 1.29 is 9.59 Å². The highest BCUT2D eigenvalue weighted by molar-refractivity contribution is 5.94. The fourth-order valence-electron chi connectivity index (χ4n) is 2.93. The van der Waals surface area contributed by atoms with Crippen molar-refractivity contribution >= 4 is 22.7 Å². The molecule has 104 valence electrons. The van der Waals surface area contributed by atoms with Crippen molar-refractivity contribution in [3.63, 3.8) is 0 Å². The highest BCUT2D eigenvalue weighted by atomic mass is 16.2. The summed E-state index contributed by atoms with van der Waals surface area (Å²) in [6, 6.07) is 5.91. The molecule has 2 heterocycles. The summed E-state index contributed by atoms with van der Waals surface area (Å²) in [6.07, 6.45) is 3.47. The predicted octanol–water partition coefficient (Wildman–Crippen LogP) is 1.19. The van der Waals surface area contributed by atoms with Crippen LogP contribution in [0.25, 0.3) is 10.9 Å². The summed E-state index contributed by atoms with van der Waals surface area (Å²) in [6.45, 7) is 0.618. The molecule has 3 rings (SSSR count). The summed E-state index contributed by atoms with van der Waals surface area (Å²) in [5.74, 6) is -0.715. The van der Waals surface area contributed by atoms with E-state index in [-0.39, 0.29) is 24.2 Å². The second-order valence-corrected chi connectivity index (χ2v) is 5.18. The van der Waals surface area contributed by atoms with Crippen LogP contribution in [0.1, 0.15) is 29.9 Å². The number of hydrogen-bond acceptors (Lipinski definition) is 2. The van der Waals surface area contributed by atoms with Gasteiger partial charge in [0.25, 0.3) is 0 Å². The molecule has 1 unspecified atom stereocenters. The van der Waals surface area contributed by atoms with Crippen LogP contribution in [0.2, 0.25) is 0 Å². The van der Waals surface area contributed by atoms with Crippen molar-refractivity contribution in [2.45, 2.75) is 25.2 Å². The molecule has 0 spiro atoms. The fraction of sp³-hybridized carbons (Fsp3) is 0.333. The highest BCUT2D eigenvalue weighted by Crippen LogP contribution is 2.32. The molecule has 2 amide bonds. The van der Waals surface area contributed by atoms with E-state index in [2.05, 4.69) is 10.3 Å². The van der Waals surface area contributed by atoms with E-state index in [1.165, 1.54) is 5.56 Å². The van der Waals surface area contributed by atoms with Crippen LogP contribution in [0.15, 0.2) is 24.4 Å². The lowest BCUT2D eigenvalue weighted by Gasteiger charge is -2.21. The Morgan fingerprint density at radius 3 is 3.05 bits per heavy atom. The SMILES string of the molecule is NC(=O)CCC1C(=O)NCCc2c[nH]c3cccc1c23. The summed E-state index contributed by atoms with van der Waals surface area (Å²) in [5, 5.41) is 4.05. The van der Waals surface area contributed by atoms with Gasteiger partial charge in [-0.1, -0.05) is 12.1 Å². The molecule has 0 saturated heterocycles. The zero-order chi connectivity index (χ0) is 14.1. The van der Waals surface area contributed by atoms with E-state index >= 15 is 0 Å². The smallest absolute Gasteiger partial charge is 0.227 e. The first-order valence-corrected chi connectivity index (χ1v) is 6.81. The zero-order valence-corrected chi connectivity index (χ0v) is 11.1. The van der Waals surface area contributed by atoms with Crippen molar-refractivity contribution in [3.8, 4) is 0 Å².